The number of thiophene rings is 1. The van der Waals surface area contributed by atoms with Crippen LogP contribution in [0.15, 0.2) is 33.7 Å². The normalized spacial score (nSPS) is 20.1. The number of nitrogens with zero attached hydrogens (tertiary/aromatic N) is 5. The molecule has 2 aliphatic rings. The molecule has 11 nitrogen and oxygen atoms in total. The molecule has 1 fully saturated rings. The summed E-state index contributed by atoms with van der Waals surface area (Å²) in [6, 6.07) is 2.78. The largest absolute Gasteiger partial charge is 1.00 e. The Morgan fingerprint density at radius 3 is 2.75 bits per heavy atom. The van der Waals surface area contributed by atoms with Gasteiger partial charge < -0.3 is 19.7 Å². The number of tetrazole rings is 1. The molecule has 0 spiro atoms. The number of fused-ring (bicyclic) bond motifs is 1. The number of amides is 2. The molecule has 2 amide bonds. The summed E-state index contributed by atoms with van der Waals surface area (Å²) in [5.41, 5.74) is -0.170. The van der Waals surface area contributed by atoms with Crippen molar-refractivity contribution in [1.82, 2.24) is 30.4 Å². The van der Waals surface area contributed by atoms with Crippen LogP contribution in [0.25, 0.3) is 0 Å². The summed E-state index contributed by atoms with van der Waals surface area (Å²) in [5, 5.41) is 15.3. The minimum Gasteiger partial charge on any atom is -0.806 e. The Morgan fingerprint density at radius 1 is 1.41 bits per heavy atom. The molecule has 0 unspecified atom stereocenters. The molecule has 2 aromatic heterocycles. The number of carbonyl (C=O) groups excluding carboxylic acids is 2. The van der Waals surface area contributed by atoms with Gasteiger partial charge in [-0.2, -0.15) is 0 Å². The van der Waals surface area contributed by atoms with Gasteiger partial charge in [0.15, 0.2) is 0 Å². The molecule has 0 aromatic carbocycles. The smallest absolute Gasteiger partial charge is 0.806 e. The third-order valence-electron chi connectivity index (χ3n) is 4.46. The Bertz CT molecular complexity index is 1060. The molecule has 4 rings (SSSR count). The van der Waals surface area contributed by atoms with Gasteiger partial charge in [0, 0.05) is 23.4 Å². The number of carbonyl (C=O) groups is 2. The Kier molecular flexibility index (Phi) is 10.5. The van der Waals surface area contributed by atoms with Gasteiger partial charge in [0.25, 0.3) is 5.91 Å². The van der Waals surface area contributed by atoms with Gasteiger partial charge in [-0.3, -0.25) is 14.5 Å². The number of nitrogens with one attached hydrogen (secondary N) is 1. The van der Waals surface area contributed by atoms with Crippen LogP contribution in [0.1, 0.15) is 4.88 Å². The third-order valence-corrected chi connectivity index (χ3v) is 8.83. The van der Waals surface area contributed by atoms with Crippen molar-refractivity contribution in [2.45, 2.75) is 23.0 Å². The van der Waals surface area contributed by atoms with Crippen LogP contribution in [0.3, 0.4) is 0 Å². The minimum atomic E-state index is -5.21. The second-order valence-electron chi connectivity index (χ2n) is 6.51. The maximum absolute atomic E-state index is 12.6. The Hall–Kier alpha value is 0.300. The van der Waals surface area contributed by atoms with Crippen molar-refractivity contribution in [2.75, 3.05) is 11.5 Å². The van der Waals surface area contributed by atoms with Crippen LogP contribution in [-0.2, 0) is 27.6 Å². The van der Waals surface area contributed by atoms with Gasteiger partial charge in [-0.15, -0.1) is 28.2 Å². The van der Waals surface area contributed by atoms with E-state index in [9.17, 15) is 23.9 Å². The minimum absolute atomic E-state index is 0. The zero-order valence-electron chi connectivity index (χ0n) is 17.5. The summed E-state index contributed by atoms with van der Waals surface area (Å²) in [5.74, 6) is -0.535. The molecule has 0 radical (unpaired) electrons. The van der Waals surface area contributed by atoms with Gasteiger partial charge in [-0.1, -0.05) is 17.8 Å². The summed E-state index contributed by atoms with van der Waals surface area (Å²) in [4.78, 5) is 50.7. The first-order valence-electron chi connectivity index (χ1n) is 8.62. The molecule has 2 atom stereocenters. The molecular formula is C15H15N6Na2O5PS3. The van der Waals surface area contributed by atoms with Gasteiger partial charge >= 0.3 is 59.1 Å². The second kappa shape index (κ2) is 11.8. The van der Waals surface area contributed by atoms with E-state index in [-0.39, 0.29) is 82.9 Å². The Labute approximate surface area is 240 Å². The Morgan fingerprint density at radius 2 is 2.16 bits per heavy atom. The summed E-state index contributed by atoms with van der Waals surface area (Å²) in [6.07, 6.45) is 0.136. The van der Waals surface area contributed by atoms with Crippen LogP contribution >= 0.6 is 42.5 Å². The van der Waals surface area contributed by atoms with Crippen LogP contribution in [0.5, 0.6) is 0 Å². The maximum atomic E-state index is 12.6. The topological polar surface area (TPSA) is 156 Å². The molecule has 2 aliphatic heterocycles. The predicted octanol–water partition coefficient (Wildman–Crippen LogP) is -6.86. The van der Waals surface area contributed by atoms with Crippen LogP contribution in [0.2, 0.25) is 0 Å². The monoisotopic (exact) mass is 532 g/mol. The van der Waals surface area contributed by atoms with Gasteiger partial charge in [0.2, 0.25) is 11.1 Å². The number of thioether (sulfide) groups is 2. The Balaban J connectivity index is 0.00000181. The zero-order valence-corrected chi connectivity index (χ0v) is 24.8. The molecule has 32 heavy (non-hydrogen) atoms. The molecule has 0 saturated carbocycles. The van der Waals surface area contributed by atoms with E-state index in [1.54, 1.807) is 7.05 Å². The molecule has 160 valence electrons. The van der Waals surface area contributed by atoms with Crippen LogP contribution < -0.4 is 74.2 Å². The average Bonchev–Trinajstić information content (AvgIpc) is 3.34. The first kappa shape index (κ1) is 28.5. The van der Waals surface area contributed by atoms with E-state index in [0.29, 0.717) is 10.7 Å². The molecule has 1 N–H and O–H groups in total. The number of rotatable bonds is 7. The predicted molar refractivity (Wildman–Crippen MR) is 107 cm³/mol. The van der Waals surface area contributed by atoms with E-state index in [1.165, 1.54) is 39.5 Å². The van der Waals surface area contributed by atoms with E-state index < -0.39 is 30.4 Å². The molecule has 1 saturated heterocycles. The number of aryl methyl sites for hydroxylation is 1. The number of hydrogen-bond donors (Lipinski definition) is 1. The molecule has 17 heteroatoms. The summed E-state index contributed by atoms with van der Waals surface area (Å²) in [6.45, 7) is 0. The maximum Gasteiger partial charge on any atom is 1.00 e. The number of β-lactam (4-membered cyclic amide) rings is 1. The van der Waals surface area contributed by atoms with Gasteiger partial charge in [-0.25, -0.2) is 4.68 Å². The van der Waals surface area contributed by atoms with Crippen molar-refractivity contribution in [3.05, 3.63) is 33.4 Å². The standard InChI is InChI=1S/C15H17N6O5PS3.2Na/c1-20-15(17-18-19-20)30-7-8-6-29-14-11(12(23)21(14)13(8)27(24,25)26)16-10(22)5-9-3-2-4-28-9;;/h2-4,11,14H,5-7H2,1H3,(H,16,22)(H2,24,25,26);;/q;2*+1/p-2/t11-,14+;;/m1../s1. The van der Waals surface area contributed by atoms with E-state index in [2.05, 4.69) is 20.8 Å². The molecule has 0 aliphatic carbocycles. The fourth-order valence-electron chi connectivity index (χ4n) is 3.14. The van der Waals surface area contributed by atoms with Gasteiger partial charge in [-0.05, 0) is 35.0 Å². The molecule has 4 heterocycles. The summed E-state index contributed by atoms with van der Waals surface area (Å²) in [7, 11) is -3.58. The van der Waals surface area contributed by atoms with Crippen LogP contribution in [-0.4, -0.2) is 59.8 Å². The van der Waals surface area contributed by atoms with Crippen LogP contribution in [0.4, 0.5) is 0 Å². The SMILES string of the molecule is Cn1nnnc1SCC1=C(P(=O)([O-])[O-])N2C(=O)[C@@H](NC(=O)Cc3cccs3)[C@@H]2SC1.[Na+].[Na+]. The molecule has 0 bridgehead atoms. The van der Waals surface area contributed by atoms with Crippen molar-refractivity contribution in [2.24, 2.45) is 7.05 Å². The van der Waals surface area contributed by atoms with Gasteiger partial charge in [0.1, 0.15) is 11.4 Å². The fourth-order valence-corrected chi connectivity index (χ4v) is 7.50. The molecule has 2 aromatic rings. The van der Waals surface area contributed by atoms with Crippen LogP contribution in [0, 0.1) is 0 Å². The molecular weight excluding hydrogens is 517 g/mol. The van der Waals surface area contributed by atoms with Crippen molar-refractivity contribution >= 4 is 54.3 Å². The number of hydrogen-bond acceptors (Lipinski definition) is 11. The quantitative estimate of drug-likeness (QED) is 0.157. The first-order chi connectivity index (χ1) is 14.3. The van der Waals surface area contributed by atoms with Crippen molar-refractivity contribution < 1.29 is 83.1 Å². The summed E-state index contributed by atoms with van der Waals surface area (Å²) >= 11 is 3.91. The first-order valence-corrected chi connectivity index (χ1v) is 13.1. The van der Waals surface area contributed by atoms with E-state index >= 15 is 0 Å². The van der Waals surface area contributed by atoms with E-state index in [1.807, 2.05) is 17.5 Å². The average molecular weight is 532 g/mol. The second-order valence-corrected chi connectivity index (χ2v) is 11.0. The van der Waals surface area contributed by atoms with Crippen molar-refractivity contribution in [3.8, 4) is 0 Å². The van der Waals surface area contributed by atoms with E-state index in [0.717, 1.165) is 9.78 Å². The van der Waals surface area contributed by atoms with Gasteiger partial charge in [0.05, 0.1) is 11.9 Å². The van der Waals surface area contributed by atoms with Crippen molar-refractivity contribution in [3.63, 3.8) is 0 Å². The third kappa shape index (κ3) is 6.10. The zero-order chi connectivity index (χ0) is 21.5. The number of aromatic nitrogens is 4. The summed E-state index contributed by atoms with van der Waals surface area (Å²) < 4.78 is 13.4. The van der Waals surface area contributed by atoms with E-state index in [4.69, 9.17) is 0 Å². The fraction of sp³-hybridized carbons (Fsp3) is 0.400. The van der Waals surface area contributed by atoms with Crippen molar-refractivity contribution in [1.29, 1.82) is 0 Å².